The first-order chi connectivity index (χ1) is 5.27. The van der Waals surface area contributed by atoms with Gasteiger partial charge in [-0.05, 0) is 6.42 Å². The second-order valence-corrected chi connectivity index (χ2v) is 3.15. The third-order valence-electron chi connectivity index (χ3n) is 0.518. The van der Waals surface area contributed by atoms with Gasteiger partial charge in [0.2, 0.25) is 0 Å². The summed E-state index contributed by atoms with van der Waals surface area (Å²) in [6.07, 6.45) is 0.998. The first-order valence-corrected chi connectivity index (χ1v) is 5.20. The molecule has 0 aliphatic rings. The summed E-state index contributed by atoms with van der Waals surface area (Å²) in [5.41, 5.74) is 10.0. The number of rotatable bonds is 2. The molecule has 0 aliphatic heterocycles. The third-order valence-corrected chi connectivity index (χ3v) is 0.518. The molecule has 0 aromatic heterocycles. The Morgan fingerprint density at radius 1 is 1.42 bits per heavy atom. The first-order valence-electron chi connectivity index (χ1n) is 3.02. The van der Waals surface area contributed by atoms with Crippen LogP contribution in [0, 0.1) is 0 Å². The van der Waals surface area contributed by atoms with E-state index in [1.807, 2.05) is 6.92 Å². The molecule has 12 heavy (non-hydrogen) atoms. The van der Waals surface area contributed by atoms with Crippen LogP contribution in [0.5, 0.6) is 0 Å². The van der Waals surface area contributed by atoms with E-state index in [2.05, 4.69) is 4.99 Å². The quantitative estimate of drug-likeness (QED) is 0.323. The van der Waals surface area contributed by atoms with Gasteiger partial charge in [-0.3, -0.25) is 4.99 Å². The molecule has 0 heterocycles. The zero-order valence-corrected chi connectivity index (χ0v) is 7.91. The molecule has 0 saturated carbocycles. The Balaban J connectivity index is 0. The van der Waals surface area contributed by atoms with Crippen molar-refractivity contribution in [2.24, 2.45) is 16.5 Å². The molecule has 7 nitrogen and oxygen atoms in total. The Morgan fingerprint density at radius 2 is 1.75 bits per heavy atom. The van der Waals surface area contributed by atoms with E-state index < -0.39 is 13.6 Å². The van der Waals surface area contributed by atoms with Crippen LogP contribution in [0.3, 0.4) is 0 Å². The average Bonchev–Trinajstić information content (AvgIpc) is 1.79. The van der Waals surface area contributed by atoms with E-state index >= 15 is 0 Å². The molecule has 0 fully saturated rings. The summed E-state index contributed by atoms with van der Waals surface area (Å²) in [5.74, 6) is 0.182. The van der Waals surface area contributed by atoms with Gasteiger partial charge in [0.1, 0.15) is 0 Å². The SMILES string of the molecule is CCCN=C(N)N.[O]=[Cr](=[O])([OH])[OH]. The second-order valence-electron chi connectivity index (χ2n) is 1.75. The van der Waals surface area contributed by atoms with E-state index in [-0.39, 0.29) is 5.96 Å². The van der Waals surface area contributed by atoms with Crippen molar-refractivity contribution in [3.05, 3.63) is 0 Å². The standard InChI is InChI=1S/C4H11N3.Cr.2H2O.2O/c1-2-3-7-4(5)6;;;;;/h2-3H2,1H3,(H4,5,6,7);;2*1H2;;/q;+2;;;;/p-2. The van der Waals surface area contributed by atoms with E-state index in [4.69, 9.17) is 27.4 Å². The van der Waals surface area contributed by atoms with E-state index in [1.54, 1.807) is 0 Å². The molecule has 0 atom stereocenters. The molecule has 74 valence electrons. The number of guanidine groups is 1. The van der Waals surface area contributed by atoms with Gasteiger partial charge in [0.05, 0.1) is 0 Å². The van der Waals surface area contributed by atoms with Gasteiger partial charge in [-0.1, -0.05) is 6.92 Å². The Hall–Kier alpha value is -0.678. The molecule has 0 aliphatic carbocycles. The average molecular weight is 219 g/mol. The van der Waals surface area contributed by atoms with Crippen molar-refractivity contribution in [1.82, 2.24) is 0 Å². The summed E-state index contributed by atoms with van der Waals surface area (Å²) in [5, 5.41) is 0. The third kappa shape index (κ3) is 58.5. The van der Waals surface area contributed by atoms with Crippen LogP contribution in [0.25, 0.3) is 0 Å². The Kier molecular flexibility index (Phi) is 8.10. The van der Waals surface area contributed by atoms with Crippen molar-refractivity contribution in [2.45, 2.75) is 13.3 Å². The van der Waals surface area contributed by atoms with Crippen LogP contribution < -0.4 is 11.5 Å². The molecule has 0 bridgehead atoms. The minimum absolute atomic E-state index is 0.182. The van der Waals surface area contributed by atoms with Crippen LogP contribution in [-0.2, 0) is 21.2 Å². The van der Waals surface area contributed by atoms with Crippen molar-refractivity contribution in [2.75, 3.05) is 6.54 Å². The molecule has 0 unspecified atom stereocenters. The Morgan fingerprint density at radius 3 is 1.83 bits per heavy atom. The van der Waals surface area contributed by atoms with Gasteiger partial charge in [-0.15, -0.1) is 0 Å². The number of nitrogens with two attached hydrogens (primary N) is 2. The van der Waals surface area contributed by atoms with E-state index in [0.717, 1.165) is 13.0 Å². The summed E-state index contributed by atoms with van der Waals surface area (Å²) < 4.78 is 31.9. The molecule has 0 amide bonds. The van der Waals surface area contributed by atoms with Gasteiger partial charge >= 0.3 is 29.5 Å². The van der Waals surface area contributed by atoms with Crippen molar-refractivity contribution < 1.29 is 29.5 Å². The molecule has 0 saturated heterocycles. The summed E-state index contributed by atoms with van der Waals surface area (Å²) >= 11 is -5.25. The van der Waals surface area contributed by atoms with Crippen LogP contribution in [0.2, 0.25) is 0 Å². The molecule has 6 N–H and O–H groups in total. The van der Waals surface area contributed by atoms with Crippen molar-refractivity contribution >= 4 is 5.96 Å². The molecule has 0 aromatic carbocycles. The summed E-state index contributed by atoms with van der Waals surface area (Å²) in [4.78, 5) is 3.72. The molecule has 0 radical (unpaired) electrons. The van der Waals surface area contributed by atoms with Gasteiger partial charge in [0.15, 0.2) is 5.96 Å². The maximum atomic E-state index is 8.82. The summed E-state index contributed by atoms with van der Waals surface area (Å²) in [6.45, 7) is 2.76. The second kappa shape index (κ2) is 7.00. The molecular weight excluding hydrogens is 206 g/mol. The summed E-state index contributed by atoms with van der Waals surface area (Å²) in [7, 11) is 0. The Bertz CT molecular complexity index is 210. The van der Waals surface area contributed by atoms with Crippen LogP contribution >= 0.6 is 0 Å². The predicted molar refractivity (Wildman–Crippen MR) is 36.8 cm³/mol. The van der Waals surface area contributed by atoms with Crippen molar-refractivity contribution in [3.63, 3.8) is 0 Å². The number of hydrogen-bond acceptors (Lipinski definition) is 3. The molecule has 0 spiro atoms. The van der Waals surface area contributed by atoms with Crippen molar-refractivity contribution in [3.8, 4) is 0 Å². The Labute approximate surface area is 72.5 Å². The molecule has 8 heteroatoms. The predicted octanol–water partition coefficient (Wildman–Crippen LogP) is -1.68. The van der Waals surface area contributed by atoms with E-state index in [0.29, 0.717) is 0 Å². The molecular formula is C4H13CrN3O4. The molecule has 0 aromatic rings. The zero-order chi connectivity index (χ0) is 10.2. The van der Waals surface area contributed by atoms with Gasteiger partial charge in [0, 0.05) is 6.54 Å². The topological polar surface area (TPSA) is 139 Å². The normalized spacial score (nSPS) is 9.58. The van der Waals surface area contributed by atoms with Gasteiger partial charge in [-0.25, -0.2) is 0 Å². The number of nitrogens with zero attached hydrogens (tertiary/aromatic N) is 1. The number of aliphatic imine (C=N–C) groups is 1. The van der Waals surface area contributed by atoms with Crippen LogP contribution in [0.4, 0.5) is 0 Å². The van der Waals surface area contributed by atoms with Crippen molar-refractivity contribution in [1.29, 1.82) is 0 Å². The molecule has 0 rings (SSSR count). The minimum atomic E-state index is -5.25. The van der Waals surface area contributed by atoms with Crippen LogP contribution in [-0.4, -0.2) is 20.8 Å². The zero-order valence-electron chi connectivity index (χ0n) is 6.64. The van der Waals surface area contributed by atoms with Crippen LogP contribution in [0.15, 0.2) is 4.99 Å². The fourth-order valence-electron chi connectivity index (χ4n) is 0.241. The fourth-order valence-corrected chi connectivity index (χ4v) is 0.241. The van der Waals surface area contributed by atoms with Gasteiger partial charge in [0.25, 0.3) is 0 Å². The monoisotopic (exact) mass is 219 g/mol. The van der Waals surface area contributed by atoms with Gasteiger partial charge in [-0.2, -0.15) is 0 Å². The first kappa shape index (κ1) is 13.9. The number of hydrogen-bond donors (Lipinski definition) is 4. The van der Waals surface area contributed by atoms with E-state index in [1.165, 1.54) is 0 Å². The van der Waals surface area contributed by atoms with E-state index in [9.17, 15) is 0 Å². The fraction of sp³-hybridized carbons (Fsp3) is 0.750. The van der Waals surface area contributed by atoms with Crippen LogP contribution in [0.1, 0.15) is 13.3 Å². The maximum absolute atomic E-state index is 8.82. The van der Waals surface area contributed by atoms with Gasteiger partial charge < -0.3 is 11.5 Å². The summed E-state index contributed by atoms with van der Waals surface area (Å²) in [6, 6.07) is 0.